The topological polar surface area (TPSA) is 54.3 Å². The lowest BCUT2D eigenvalue weighted by molar-refractivity contribution is -0.134. The van der Waals surface area contributed by atoms with Gasteiger partial charge in [-0.15, -0.1) is 12.3 Å². The van der Waals surface area contributed by atoms with Crippen LogP contribution in [0, 0.1) is 12.3 Å². The summed E-state index contributed by atoms with van der Waals surface area (Å²) in [5.41, 5.74) is 0.743. The van der Waals surface area contributed by atoms with Crippen LogP contribution >= 0.6 is 0 Å². The van der Waals surface area contributed by atoms with Crippen molar-refractivity contribution in [2.24, 2.45) is 10.2 Å². The Balaban J connectivity index is 1.60. The highest BCUT2D eigenvalue weighted by atomic mass is 16.5. The fourth-order valence-electron chi connectivity index (χ4n) is 3.09. The van der Waals surface area contributed by atoms with Crippen molar-refractivity contribution in [2.75, 3.05) is 13.2 Å². The monoisotopic (exact) mass is 325 g/mol. The standard InChI is InChI=1S/C19H23N3O2/c1-2-3-11-19(20-21-19)12-9-18(23)22(17-10-13-24-15-17)14-16-7-5-4-6-8-16/h1,4-8,17H,3,9-15H2. The summed E-state index contributed by atoms with van der Waals surface area (Å²) in [7, 11) is 0. The molecule has 2 aliphatic rings. The van der Waals surface area contributed by atoms with Gasteiger partial charge in [0, 0.05) is 38.8 Å². The van der Waals surface area contributed by atoms with Gasteiger partial charge in [0.05, 0.1) is 12.6 Å². The van der Waals surface area contributed by atoms with E-state index in [2.05, 4.69) is 28.3 Å². The second kappa shape index (κ2) is 7.59. The van der Waals surface area contributed by atoms with Crippen molar-refractivity contribution in [1.29, 1.82) is 0 Å². The van der Waals surface area contributed by atoms with Crippen molar-refractivity contribution in [3.63, 3.8) is 0 Å². The maximum absolute atomic E-state index is 12.8. The molecule has 0 saturated carbocycles. The van der Waals surface area contributed by atoms with Crippen molar-refractivity contribution in [1.82, 2.24) is 4.90 Å². The maximum Gasteiger partial charge on any atom is 0.223 e. The Kier molecular flexibility index (Phi) is 5.27. The van der Waals surface area contributed by atoms with Crippen LogP contribution < -0.4 is 0 Å². The molecule has 2 heterocycles. The van der Waals surface area contributed by atoms with Gasteiger partial charge in [0.1, 0.15) is 0 Å². The molecular weight excluding hydrogens is 302 g/mol. The number of ether oxygens (including phenoxy) is 1. The van der Waals surface area contributed by atoms with E-state index in [0.29, 0.717) is 32.4 Å². The van der Waals surface area contributed by atoms with Gasteiger partial charge >= 0.3 is 0 Å². The molecule has 1 saturated heterocycles. The van der Waals surface area contributed by atoms with E-state index < -0.39 is 5.66 Å². The van der Waals surface area contributed by atoms with E-state index in [0.717, 1.165) is 25.0 Å². The molecule has 0 aliphatic carbocycles. The van der Waals surface area contributed by atoms with Crippen LogP contribution in [0.25, 0.3) is 0 Å². The van der Waals surface area contributed by atoms with Crippen molar-refractivity contribution in [2.45, 2.75) is 50.4 Å². The van der Waals surface area contributed by atoms with Gasteiger partial charge in [-0.3, -0.25) is 4.79 Å². The quantitative estimate of drug-likeness (QED) is 0.689. The van der Waals surface area contributed by atoms with E-state index in [1.54, 1.807) is 0 Å². The summed E-state index contributed by atoms with van der Waals surface area (Å²) >= 11 is 0. The molecule has 2 aliphatic heterocycles. The number of hydrogen-bond acceptors (Lipinski definition) is 4. The Morgan fingerprint density at radius 2 is 2.12 bits per heavy atom. The molecule has 3 rings (SSSR count). The Morgan fingerprint density at radius 1 is 1.33 bits per heavy atom. The molecule has 0 aromatic heterocycles. The molecule has 5 heteroatoms. The number of carbonyl (C=O) groups is 1. The van der Waals surface area contributed by atoms with E-state index in [1.807, 2.05) is 23.1 Å². The molecule has 5 nitrogen and oxygen atoms in total. The Hall–Kier alpha value is -2.19. The third-order valence-corrected chi connectivity index (χ3v) is 4.65. The molecule has 0 bridgehead atoms. The molecule has 1 aromatic carbocycles. The van der Waals surface area contributed by atoms with Gasteiger partial charge in [-0.05, 0) is 12.0 Å². The average Bonchev–Trinajstić information content (AvgIpc) is 3.18. The van der Waals surface area contributed by atoms with Gasteiger partial charge in [0.25, 0.3) is 0 Å². The normalized spacial score (nSPS) is 20.5. The largest absolute Gasteiger partial charge is 0.379 e. The molecule has 1 amide bonds. The number of hydrogen-bond donors (Lipinski definition) is 0. The Morgan fingerprint density at radius 3 is 2.75 bits per heavy atom. The Bertz CT molecular complexity index is 624. The average molecular weight is 325 g/mol. The summed E-state index contributed by atoms with van der Waals surface area (Å²) in [6.45, 7) is 1.97. The third kappa shape index (κ3) is 4.21. The van der Waals surface area contributed by atoms with E-state index in [-0.39, 0.29) is 11.9 Å². The highest BCUT2D eigenvalue weighted by Crippen LogP contribution is 2.38. The van der Waals surface area contributed by atoms with Gasteiger partial charge in [0.2, 0.25) is 5.91 Å². The number of nitrogens with zero attached hydrogens (tertiary/aromatic N) is 3. The molecule has 0 radical (unpaired) electrons. The van der Waals surface area contributed by atoms with Crippen LogP contribution in [0.1, 0.15) is 37.7 Å². The number of amides is 1. The first kappa shape index (κ1) is 16.7. The van der Waals surface area contributed by atoms with Crippen molar-refractivity contribution < 1.29 is 9.53 Å². The Labute approximate surface area is 143 Å². The first-order chi connectivity index (χ1) is 11.7. The molecule has 0 spiro atoms. The van der Waals surface area contributed by atoms with E-state index in [4.69, 9.17) is 11.2 Å². The summed E-state index contributed by atoms with van der Waals surface area (Å²) in [5, 5.41) is 8.24. The van der Waals surface area contributed by atoms with Crippen molar-refractivity contribution >= 4 is 5.91 Å². The van der Waals surface area contributed by atoms with E-state index >= 15 is 0 Å². The van der Waals surface area contributed by atoms with Gasteiger partial charge in [-0.25, -0.2) is 0 Å². The van der Waals surface area contributed by atoms with Crippen LogP contribution in [0.4, 0.5) is 0 Å². The first-order valence-corrected chi connectivity index (χ1v) is 8.51. The summed E-state index contributed by atoms with van der Waals surface area (Å²) in [6.07, 6.45) is 8.69. The van der Waals surface area contributed by atoms with Crippen LogP contribution in [0.15, 0.2) is 40.6 Å². The summed E-state index contributed by atoms with van der Waals surface area (Å²) in [5.74, 6) is 2.76. The molecule has 24 heavy (non-hydrogen) atoms. The number of carbonyl (C=O) groups excluding carboxylic acids is 1. The van der Waals surface area contributed by atoms with Crippen LogP contribution in [0.5, 0.6) is 0 Å². The minimum Gasteiger partial charge on any atom is -0.379 e. The molecule has 1 aromatic rings. The lowest BCUT2D eigenvalue weighted by Crippen LogP contribution is -2.40. The van der Waals surface area contributed by atoms with Crippen LogP contribution in [-0.2, 0) is 16.1 Å². The predicted molar refractivity (Wildman–Crippen MR) is 91.1 cm³/mol. The predicted octanol–water partition coefficient (Wildman–Crippen LogP) is 3.16. The first-order valence-electron chi connectivity index (χ1n) is 8.51. The smallest absolute Gasteiger partial charge is 0.223 e. The van der Waals surface area contributed by atoms with Crippen LogP contribution in [0.2, 0.25) is 0 Å². The molecule has 1 unspecified atom stereocenters. The number of rotatable bonds is 8. The van der Waals surface area contributed by atoms with Gasteiger partial charge in [-0.1, -0.05) is 30.3 Å². The minimum absolute atomic E-state index is 0.145. The molecule has 126 valence electrons. The van der Waals surface area contributed by atoms with E-state index in [1.165, 1.54) is 0 Å². The fourth-order valence-corrected chi connectivity index (χ4v) is 3.09. The van der Waals surface area contributed by atoms with Crippen molar-refractivity contribution in [3.8, 4) is 12.3 Å². The third-order valence-electron chi connectivity index (χ3n) is 4.65. The molecule has 0 N–H and O–H groups in total. The summed E-state index contributed by atoms with van der Waals surface area (Å²) in [6, 6.07) is 10.2. The highest BCUT2D eigenvalue weighted by Gasteiger charge is 2.40. The summed E-state index contributed by atoms with van der Waals surface area (Å²) < 4.78 is 5.48. The number of terminal acetylenes is 1. The lowest BCUT2D eigenvalue weighted by atomic mass is 10.0. The number of benzene rings is 1. The molecular formula is C19H23N3O2. The van der Waals surface area contributed by atoms with Gasteiger partial charge < -0.3 is 9.64 Å². The molecule has 1 fully saturated rings. The lowest BCUT2D eigenvalue weighted by Gasteiger charge is -2.28. The second-order valence-electron chi connectivity index (χ2n) is 6.41. The molecule has 1 atom stereocenters. The SMILES string of the molecule is C#CCCC1(CCC(=O)N(Cc2ccccc2)C2CCOC2)N=N1. The second-order valence-corrected chi connectivity index (χ2v) is 6.41. The zero-order valence-corrected chi connectivity index (χ0v) is 13.9. The highest BCUT2D eigenvalue weighted by molar-refractivity contribution is 5.76. The summed E-state index contributed by atoms with van der Waals surface area (Å²) in [4.78, 5) is 14.8. The zero-order chi connectivity index (χ0) is 16.8. The van der Waals surface area contributed by atoms with Gasteiger partial charge in [0.15, 0.2) is 5.66 Å². The van der Waals surface area contributed by atoms with E-state index in [9.17, 15) is 4.79 Å². The zero-order valence-electron chi connectivity index (χ0n) is 13.9. The maximum atomic E-state index is 12.8. The van der Waals surface area contributed by atoms with Crippen LogP contribution in [-0.4, -0.2) is 35.7 Å². The van der Waals surface area contributed by atoms with Crippen molar-refractivity contribution in [3.05, 3.63) is 35.9 Å². The van der Waals surface area contributed by atoms with Gasteiger partial charge in [-0.2, -0.15) is 10.2 Å². The fraction of sp³-hybridized carbons (Fsp3) is 0.526. The minimum atomic E-state index is -0.396. The van der Waals surface area contributed by atoms with Crippen LogP contribution in [0.3, 0.4) is 0 Å².